The van der Waals surface area contributed by atoms with Crippen LogP contribution in [-0.4, -0.2) is 13.1 Å². The Bertz CT molecular complexity index is 365. The molecule has 0 bridgehead atoms. The molecule has 1 aliphatic carbocycles. The van der Waals surface area contributed by atoms with E-state index in [1.807, 2.05) is 18.2 Å². The molecule has 0 heterocycles. The molecule has 2 heteroatoms. The molecule has 0 aromatic heterocycles. The Hall–Kier alpha value is -1.31. The number of benzene rings is 1. The van der Waals surface area contributed by atoms with Gasteiger partial charge in [-0.05, 0) is 30.4 Å². The molecule has 1 aromatic rings. The topological polar surface area (TPSA) is 26.3 Å². The molecule has 0 radical (unpaired) electrons. The van der Waals surface area contributed by atoms with E-state index in [0.29, 0.717) is 5.92 Å². The van der Waals surface area contributed by atoms with Gasteiger partial charge < -0.3 is 4.74 Å². The number of methoxy groups -OCH3 is 1. The molecule has 0 saturated heterocycles. The molecule has 0 aliphatic heterocycles. The predicted octanol–water partition coefficient (Wildman–Crippen LogP) is 3.52. The van der Waals surface area contributed by atoms with Crippen LogP contribution in [0, 0.1) is 0 Å². The van der Waals surface area contributed by atoms with Crippen LogP contribution >= 0.6 is 0 Å². The number of ether oxygens (including phenoxy) is 1. The average molecular weight is 218 g/mol. The van der Waals surface area contributed by atoms with Crippen LogP contribution in [0.1, 0.15) is 53.9 Å². The van der Waals surface area contributed by atoms with E-state index in [-0.39, 0.29) is 5.97 Å². The first kappa shape index (κ1) is 11.2. The van der Waals surface area contributed by atoms with Crippen LogP contribution in [0.3, 0.4) is 0 Å². The fraction of sp³-hybridized carbons (Fsp3) is 0.500. The summed E-state index contributed by atoms with van der Waals surface area (Å²) in [6.45, 7) is 0. The Morgan fingerprint density at radius 3 is 2.56 bits per heavy atom. The lowest BCUT2D eigenvalue weighted by atomic mass is 9.82. The number of hydrogen-bond acceptors (Lipinski definition) is 2. The maximum atomic E-state index is 11.7. The molecular formula is C14H18O2. The molecular weight excluding hydrogens is 200 g/mol. The SMILES string of the molecule is COC(=O)c1ccccc1C1CCCCC1. The molecule has 1 aliphatic rings. The van der Waals surface area contributed by atoms with Crippen molar-refractivity contribution in [3.05, 3.63) is 35.4 Å². The molecule has 2 nitrogen and oxygen atoms in total. The highest BCUT2D eigenvalue weighted by Gasteiger charge is 2.21. The van der Waals surface area contributed by atoms with E-state index in [9.17, 15) is 4.79 Å². The second kappa shape index (κ2) is 5.15. The quantitative estimate of drug-likeness (QED) is 0.710. The van der Waals surface area contributed by atoms with Gasteiger partial charge in [0.05, 0.1) is 12.7 Å². The van der Waals surface area contributed by atoms with E-state index in [0.717, 1.165) is 5.56 Å². The lowest BCUT2D eigenvalue weighted by Gasteiger charge is -2.23. The van der Waals surface area contributed by atoms with Crippen LogP contribution in [0.2, 0.25) is 0 Å². The first-order valence-electron chi connectivity index (χ1n) is 6.00. The number of esters is 1. The van der Waals surface area contributed by atoms with Crippen LogP contribution in [0.4, 0.5) is 0 Å². The van der Waals surface area contributed by atoms with Crippen molar-refractivity contribution in [2.45, 2.75) is 38.0 Å². The van der Waals surface area contributed by atoms with Gasteiger partial charge in [0.2, 0.25) is 0 Å². The number of rotatable bonds is 2. The molecule has 1 fully saturated rings. The van der Waals surface area contributed by atoms with Crippen molar-refractivity contribution in [3.8, 4) is 0 Å². The number of hydrogen-bond donors (Lipinski definition) is 0. The Balaban J connectivity index is 2.28. The minimum Gasteiger partial charge on any atom is -0.465 e. The van der Waals surface area contributed by atoms with Gasteiger partial charge in [-0.3, -0.25) is 0 Å². The van der Waals surface area contributed by atoms with E-state index < -0.39 is 0 Å². The zero-order valence-corrected chi connectivity index (χ0v) is 9.74. The van der Waals surface area contributed by atoms with E-state index in [1.165, 1.54) is 44.8 Å². The zero-order valence-electron chi connectivity index (χ0n) is 9.74. The Labute approximate surface area is 96.6 Å². The molecule has 0 spiro atoms. The third-order valence-electron chi connectivity index (χ3n) is 3.41. The Kier molecular flexibility index (Phi) is 3.60. The van der Waals surface area contributed by atoms with Crippen molar-refractivity contribution in [2.75, 3.05) is 7.11 Å². The number of carbonyl (C=O) groups is 1. The summed E-state index contributed by atoms with van der Waals surface area (Å²) in [6, 6.07) is 7.85. The minimum atomic E-state index is -0.207. The van der Waals surface area contributed by atoms with Gasteiger partial charge in [0, 0.05) is 0 Å². The highest BCUT2D eigenvalue weighted by Crippen LogP contribution is 2.34. The van der Waals surface area contributed by atoms with Crippen LogP contribution in [0.15, 0.2) is 24.3 Å². The average Bonchev–Trinajstić information content (AvgIpc) is 2.39. The molecule has 1 aromatic carbocycles. The molecule has 16 heavy (non-hydrogen) atoms. The van der Waals surface area contributed by atoms with E-state index >= 15 is 0 Å². The highest BCUT2D eigenvalue weighted by atomic mass is 16.5. The minimum absolute atomic E-state index is 0.207. The summed E-state index contributed by atoms with van der Waals surface area (Å²) in [4.78, 5) is 11.7. The summed E-state index contributed by atoms with van der Waals surface area (Å²) in [5, 5.41) is 0. The molecule has 0 N–H and O–H groups in total. The van der Waals surface area contributed by atoms with Crippen molar-refractivity contribution in [1.29, 1.82) is 0 Å². The van der Waals surface area contributed by atoms with Gasteiger partial charge in [0.15, 0.2) is 0 Å². The summed E-state index contributed by atoms with van der Waals surface area (Å²) in [5.41, 5.74) is 1.92. The van der Waals surface area contributed by atoms with Gasteiger partial charge in [-0.2, -0.15) is 0 Å². The molecule has 0 atom stereocenters. The van der Waals surface area contributed by atoms with E-state index in [2.05, 4.69) is 6.07 Å². The normalized spacial score (nSPS) is 17.1. The first-order chi connectivity index (χ1) is 7.83. The summed E-state index contributed by atoms with van der Waals surface area (Å²) >= 11 is 0. The second-order valence-electron chi connectivity index (χ2n) is 4.41. The van der Waals surface area contributed by atoms with E-state index in [1.54, 1.807) is 0 Å². The second-order valence-corrected chi connectivity index (χ2v) is 4.41. The summed E-state index contributed by atoms with van der Waals surface area (Å²) in [7, 11) is 1.44. The predicted molar refractivity (Wildman–Crippen MR) is 63.6 cm³/mol. The van der Waals surface area contributed by atoms with Crippen molar-refractivity contribution >= 4 is 5.97 Å². The van der Waals surface area contributed by atoms with Crippen molar-refractivity contribution < 1.29 is 9.53 Å². The summed E-state index contributed by atoms with van der Waals surface area (Å²) in [6.07, 6.45) is 6.29. The third kappa shape index (κ3) is 2.26. The monoisotopic (exact) mass is 218 g/mol. The van der Waals surface area contributed by atoms with Crippen molar-refractivity contribution in [2.24, 2.45) is 0 Å². The van der Waals surface area contributed by atoms with Crippen LogP contribution in [0.5, 0.6) is 0 Å². The fourth-order valence-electron chi connectivity index (χ4n) is 2.56. The van der Waals surface area contributed by atoms with Crippen molar-refractivity contribution in [3.63, 3.8) is 0 Å². The molecule has 0 amide bonds. The van der Waals surface area contributed by atoms with Gasteiger partial charge in [-0.25, -0.2) is 4.79 Å². The van der Waals surface area contributed by atoms with Crippen LogP contribution in [0.25, 0.3) is 0 Å². The number of carbonyl (C=O) groups excluding carboxylic acids is 1. The summed E-state index contributed by atoms with van der Waals surface area (Å²) in [5.74, 6) is 0.338. The maximum absolute atomic E-state index is 11.7. The molecule has 86 valence electrons. The molecule has 2 rings (SSSR count). The van der Waals surface area contributed by atoms with E-state index in [4.69, 9.17) is 4.74 Å². The highest BCUT2D eigenvalue weighted by molar-refractivity contribution is 5.91. The third-order valence-corrected chi connectivity index (χ3v) is 3.41. The fourth-order valence-corrected chi connectivity index (χ4v) is 2.56. The Morgan fingerprint density at radius 1 is 1.19 bits per heavy atom. The lowest BCUT2D eigenvalue weighted by Crippen LogP contribution is -2.11. The van der Waals surface area contributed by atoms with Gasteiger partial charge in [0.25, 0.3) is 0 Å². The largest absolute Gasteiger partial charge is 0.465 e. The van der Waals surface area contributed by atoms with Gasteiger partial charge in [-0.15, -0.1) is 0 Å². The van der Waals surface area contributed by atoms with Gasteiger partial charge >= 0.3 is 5.97 Å². The van der Waals surface area contributed by atoms with Crippen LogP contribution < -0.4 is 0 Å². The molecule has 0 unspecified atom stereocenters. The Morgan fingerprint density at radius 2 is 1.88 bits per heavy atom. The summed E-state index contributed by atoms with van der Waals surface area (Å²) < 4.78 is 4.83. The van der Waals surface area contributed by atoms with Gasteiger partial charge in [0.1, 0.15) is 0 Å². The zero-order chi connectivity index (χ0) is 11.4. The van der Waals surface area contributed by atoms with Gasteiger partial charge in [-0.1, -0.05) is 37.5 Å². The first-order valence-corrected chi connectivity index (χ1v) is 6.00. The lowest BCUT2D eigenvalue weighted by molar-refractivity contribution is 0.0598. The standard InChI is InChI=1S/C14H18O2/c1-16-14(15)13-10-6-5-9-12(13)11-7-3-2-4-8-11/h5-6,9-11H,2-4,7-8H2,1H3. The maximum Gasteiger partial charge on any atom is 0.338 e. The molecule has 1 saturated carbocycles. The smallest absolute Gasteiger partial charge is 0.338 e. The van der Waals surface area contributed by atoms with Crippen LogP contribution in [-0.2, 0) is 4.74 Å². The van der Waals surface area contributed by atoms with Crippen molar-refractivity contribution in [1.82, 2.24) is 0 Å².